The predicted molar refractivity (Wildman–Crippen MR) is 55.7 cm³/mol. The molecule has 0 radical (unpaired) electrons. The third-order valence-corrected chi connectivity index (χ3v) is 2.00. The Balaban J connectivity index is 2.16. The smallest absolute Gasteiger partial charge is 0.399 e. The Morgan fingerprint density at radius 2 is 2.24 bits per heavy atom. The normalized spacial score (nSPS) is 10.5. The first kappa shape index (κ1) is 11.5. The van der Waals surface area contributed by atoms with E-state index in [-0.39, 0.29) is 11.8 Å². The number of benzene rings is 1. The van der Waals surface area contributed by atoms with Gasteiger partial charge >= 0.3 is 6.08 Å². The minimum absolute atomic E-state index is 0.125. The first-order chi connectivity index (χ1) is 8.20. The zero-order valence-electron chi connectivity index (χ0n) is 9.04. The quantitative estimate of drug-likeness (QED) is 0.891. The van der Waals surface area contributed by atoms with E-state index in [0.29, 0.717) is 12.2 Å². The van der Waals surface area contributed by atoms with Crippen molar-refractivity contribution in [3.8, 4) is 11.8 Å². The summed E-state index contributed by atoms with van der Waals surface area (Å²) in [5, 5.41) is 2.87. The van der Waals surface area contributed by atoms with Crippen LogP contribution in [-0.4, -0.2) is 12.0 Å². The lowest BCUT2D eigenvalue weighted by atomic mass is 10.3. The van der Waals surface area contributed by atoms with Crippen LogP contribution in [0, 0.1) is 11.6 Å². The summed E-state index contributed by atoms with van der Waals surface area (Å²) in [5.74, 6) is -2.31. The molecule has 17 heavy (non-hydrogen) atoms. The van der Waals surface area contributed by atoms with Gasteiger partial charge in [-0.25, -0.2) is 4.39 Å². The van der Waals surface area contributed by atoms with Gasteiger partial charge in [-0.1, -0.05) is 6.07 Å². The maximum absolute atomic E-state index is 13.3. The van der Waals surface area contributed by atoms with Crippen LogP contribution in [0.2, 0.25) is 0 Å². The van der Waals surface area contributed by atoms with Gasteiger partial charge in [-0.3, -0.25) is 0 Å². The summed E-state index contributed by atoms with van der Waals surface area (Å²) in [6, 6.07) is 3.63. The van der Waals surface area contributed by atoms with E-state index in [4.69, 9.17) is 9.15 Å². The van der Waals surface area contributed by atoms with E-state index >= 15 is 0 Å². The molecule has 0 atom stereocenters. The average molecular weight is 240 g/mol. The van der Waals surface area contributed by atoms with E-state index in [2.05, 4.69) is 10.3 Å². The van der Waals surface area contributed by atoms with Gasteiger partial charge < -0.3 is 14.5 Å². The molecule has 0 bridgehead atoms. The molecule has 1 aromatic carbocycles. The van der Waals surface area contributed by atoms with E-state index < -0.39 is 11.6 Å². The first-order valence-corrected chi connectivity index (χ1v) is 4.91. The van der Waals surface area contributed by atoms with Crippen LogP contribution in [0.4, 0.5) is 8.78 Å². The Hall–Kier alpha value is -1.95. The van der Waals surface area contributed by atoms with Crippen molar-refractivity contribution in [2.45, 2.75) is 6.54 Å². The molecule has 2 rings (SSSR count). The molecule has 0 aliphatic heterocycles. The molecule has 0 fully saturated rings. The second-order valence-corrected chi connectivity index (χ2v) is 3.29. The van der Waals surface area contributed by atoms with Gasteiger partial charge in [0.25, 0.3) is 0 Å². The number of aromatic nitrogens is 1. The molecule has 0 saturated heterocycles. The minimum Gasteiger partial charge on any atom is -0.417 e. The first-order valence-electron chi connectivity index (χ1n) is 4.91. The summed E-state index contributed by atoms with van der Waals surface area (Å²) in [4.78, 5) is 3.93. The highest BCUT2D eigenvalue weighted by Gasteiger charge is 2.12. The zero-order valence-corrected chi connectivity index (χ0v) is 9.04. The van der Waals surface area contributed by atoms with Crippen molar-refractivity contribution >= 4 is 0 Å². The molecular weight excluding hydrogens is 230 g/mol. The zero-order chi connectivity index (χ0) is 12.3. The largest absolute Gasteiger partial charge is 0.417 e. The van der Waals surface area contributed by atoms with E-state index in [1.54, 1.807) is 7.05 Å². The second-order valence-electron chi connectivity index (χ2n) is 3.29. The summed E-state index contributed by atoms with van der Waals surface area (Å²) < 4.78 is 36.1. The third-order valence-electron chi connectivity index (χ3n) is 2.00. The maximum atomic E-state index is 13.3. The Bertz CT molecular complexity index is 514. The molecule has 0 amide bonds. The molecule has 1 heterocycles. The molecule has 2 aromatic rings. The summed E-state index contributed by atoms with van der Waals surface area (Å²) in [6.07, 6.45) is 1.25. The van der Waals surface area contributed by atoms with Crippen molar-refractivity contribution < 1.29 is 17.9 Å². The number of nitrogens with one attached hydrogen (secondary N) is 1. The predicted octanol–water partition coefficient (Wildman–Crippen LogP) is 2.46. The third kappa shape index (κ3) is 2.59. The van der Waals surface area contributed by atoms with Crippen LogP contribution >= 0.6 is 0 Å². The van der Waals surface area contributed by atoms with Gasteiger partial charge in [-0.2, -0.15) is 9.37 Å². The fourth-order valence-corrected chi connectivity index (χ4v) is 1.25. The van der Waals surface area contributed by atoms with E-state index in [0.717, 1.165) is 6.07 Å². The molecule has 0 spiro atoms. The lowest BCUT2D eigenvalue weighted by Crippen LogP contribution is -2.04. The van der Waals surface area contributed by atoms with Crippen molar-refractivity contribution in [2.24, 2.45) is 0 Å². The van der Waals surface area contributed by atoms with Gasteiger partial charge in [-0.05, 0) is 19.2 Å². The topological polar surface area (TPSA) is 47.3 Å². The fraction of sp³-hybridized carbons (Fsp3) is 0.182. The van der Waals surface area contributed by atoms with Gasteiger partial charge in [0, 0.05) is 6.54 Å². The number of oxazole rings is 1. The lowest BCUT2D eigenvalue weighted by Gasteiger charge is -2.01. The molecule has 1 aromatic heterocycles. The molecule has 1 N–H and O–H groups in total. The van der Waals surface area contributed by atoms with Gasteiger partial charge in [0.05, 0.1) is 5.69 Å². The van der Waals surface area contributed by atoms with Crippen LogP contribution in [0.1, 0.15) is 5.69 Å². The number of nitrogens with zero attached hydrogens (tertiary/aromatic N) is 1. The van der Waals surface area contributed by atoms with Gasteiger partial charge in [0.15, 0.2) is 11.6 Å². The van der Waals surface area contributed by atoms with E-state index in [9.17, 15) is 8.78 Å². The Labute approximate surface area is 96.2 Å². The Morgan fingerprint density at radius 1 is 1.41 bits per heavy atom. The molecule has 90 valence electrons. The maximum Gasteiger partial charge on any atom is 0.399 e. The number of halogens is 2. The average Bonchev–Trinajstić information content (AvgIpc) is 2.73. The lowest BCUT2D eigenvalue weighted by molar-refractivity contribution is 0.313. The highest BCUT2D eigenvalue weighted by atomic mass is 19.2. The van der Waals surface area contributed by atoms with Crippen molar-refractivity contribution in [2.75, 3.05) is 7.05 Å². The Kier molecular flexibility index (Phi) is 3.34. The summed E-state index contributed by atoms with van der Waals surface area (Å²) in [7, 11) is 1.75. The summed E-state index contributed by atoms with van der Waals surface area (Å²) in [5.41, 5.74) is 0.610. The van der Waals surface area contributed by atoms with Crippen molar-refractivity contribution in [1.82, 2.24) is 10.3 Å². The van der Waals surface area contributed by atoms with Gasteiger partial charge in [-0.15, -0.1) is 0 Å². The van der Waals surface area contributed by atoms with Crippen LogP contribution in [-0.2, 0) is 6.54 Å². The molecular formula is C11H10F2N2O2. The summed E-state index contributed by atoms with van der Waals surface area (Å²) >= 11 is 0. The van der Waals surface area contributed by atoms with E-state index in [1.807, 2.05) is 0 Å². The Morgan fingerprint density at radius 3 is 3.00 bits per heavy atom. The molecule has 0 aliphatic carbocycles. The fourth-order valence-electron chi connectivity index (χ4n) is 1.25. The molecule has 0 aliphatic rings. The van der Waals surface area contributed by atoms with Crippen LogP contribution in [0.3, 0.4) is 0 Å². The standard InChI is InChI=1S/C11H10F2N2O2/c1-14-5-7-6-16-11(15-7)17-9-4-2-3-8(12)10(9)13/h2-4,6,14H,5H2,1H3. The van der Waals surface area contributed by atoms with Crippen LogP contribution in [0.15, 0.2) is 28.9 Å². The molecule has 6 heteroatoms. The van der Waals surface area contributed by atoms with Crippen LogP contribution in [0.5, 0.6) is 11.8 Å². The minimum atomic E-state index is -1.07. The highest BCUT2D eigenvalue weighted by Crippen LogP contribution is 2.25. The highest BCUT2D eigenvalue weighted by molar-refractivity contribution is 5.27. The molecule has 0 saturated carbocycles. The monoisotopic (exact) mass is 240 g/mol. The molecule has 4 nitrogen and oxygen atoms in total. The van der Waals surface area contributed by atoms with Crippen molar-refractivity contribution in [3.05, 3.63) is 41.8 Å². The number of hydrogen-bond donors (Lipinski definition) is 1. The second kappa shape index (κ2) is 4.92. The van der Waals surface area contributed by atoms with Crippen LogP contribution in [0.25, 0.3) is 0 Å². The van der Waals surface area contributed by atoms with Crippen molar-refractivity contribution in [1.29, 1.82) is 0 Å². The van der Waals surface area contributed by atoms with Gasteiger partial charge in [0.2, 0.25) is 5.82 Å². The number of rotatable bonds is 4. The van der Waals surface area contributed by atoms with Gasteiger partial charge in [0.1, 0.15) is 6.26 Å². The summed E-state index contributed by atoms with van der Waals surface area (Å²) in [6.45, 7) is 0.499. The number of hydrogen-bond acceptors (Lipinski definition) is 4. The van der Waals surface area contributed by atoms with E-state index in [1.165, 1.54) is 18.4 Å². The number of ether oxygens (including phenoxy) is 1. The van der Waals surface area contributed by atoms with Crippen LogP contribution < -0.4 is 10.1 Å². The molecule has 0 unspecified atom stereocenters. The SMILES string of the molecule is CNCc1coc(Oc2cccc(F)c2F)n1. The van der Waals surface area contributed by atoms with Crippen molar-refractivity contribution in [3.63, 3.8) is 0 Å².